The Hall–Kier alpha value is -0.640. The summed E-state index contributed by atoms with van der Waals surface area (Å²) < 4.78 is 25.5. The quantitative estimate of drug-likeness (QED) is 0.696. The van der Waals surface area contributed by atoms with Crippen LogP contribution in [0.1, 0.15) is 40.0 Å². The number of hydrogen-bond acceptors (Lipinski definition) is 4. The lowest BCUT2D eigenvalue weighted by atomic mass is 10.0. The van der Waals surface area contributed by atoms with E-state index in [2.05, 4.69) is 4.72 Å². The van der Waals surface area contributed by atoms with E-state index in [1.54, 1.807) is 19.9 Å². The molecule has 0 fully saturated rings. The summed E-state index contributed by atoms with van der Waals surface area (Å²) in [4.78, 5) is 0. The van der Waals surface area contributed by atoms with Crippen LogP contribution >= 0.6 is 0 Å². The van der Waals surface area contributed by atoms with Gasteiger partial charge in [-0.2, -0.15) is 5.26 Å². The summed E-state index contributed by atoms with van der Waals surface area (Å²) in [6, 6.07) is 1.73. The molecule has 5 nitrogen and oxygen atoms in total. The number of nitrogens with zero attached hydrogens (tertiary/aromatic N) is 1. The molecule has 0 aromatic heterocycles. The van der Waals surface area contributed by atoms with Crippen LogP contribution in [0.5, 0.6) is 0 Å². The molecule has 0 aromatic carbocycles. The molecule has 0 aromatic rings. The van der Waals surface area contributed by atoms with Gasteiger partial charge in [0, 0.05) is 6.54 Å². The maximum Gasteiger partial charge on any atom is 0.228 e. The maximum absolute atomic E-state index is 11.6. The van der Waals surface area contributed by atoms with Crippen LogP contribution in [0, 0.1) is 11.3 Å². The molecular formula is C10H20N2O3S. The second-order valence-electron chi connectivity index (χ2n) is 4.14. The van der Waals surface area contributed by atoms with Gasteiger partial charge in [-0.05, 0) is 19.8 Å². The summed E-state index contributed by atoms with van der Waals surface area (Å²) in [5.41, 5.74) is -1.06. The second-order valence-corrected chi connectivity index (χ2v) is 6.09. The second kappa shape index (κ2) is 6.18. The topological polar surface area (TPSA) is 90.2 Å². The van der Waals surface area contributed by atoms with E-state index in [-0.39, 0.29) is 13.0 Å². The third kappa shape index (κ3) is 4.92. The van der Waals surface area contributed by atoms with Crippen molar-refractivity contribution in [1.82, 2.24) is 4.72 Å². The molecule has 0 spiro atoms. The maximum atomic E-state index is 11.6. The first-order valence-corrected chi connectivity index (χ1v) is 6.94. The summed E-state index contributed by atoms with van der Waals surface area (Å²) >= 11 is 0. The molecule has 16 heavy (non-hydrogen) atoms. The van der Waals surface area contributed by atoms with E-state index in [1.165, 1.54) is 0 Å². The standard InChI is InChI=1S/C10H20N2O3S/c1-4-6-10(3,13)8-12-16(14,15)9(5-2)7-11/h9,12-13H,4-6,8H2,1-3H3. The molecule has 0 aliphatic rings. The molecule has 0 saturated heterocycles. The highest BCUT2D eigenvalue weighted by Crippen LogP contribution is 2.11. The molecular weight excluding hydrogens is 228 g/mol. The van der Waals surface area contributed by atoms with Crippen LogP contribution in [-0.2, 0) is 10.0 Å². The third-order valence-electron chi connectivity index (χ3n) is 2.33. The van der Waals surface area contributed by atoms with E-state index in [1.807, 2.05) is 6.92 Å². The van der Waals surface area contributed by atoms with E-state index >= 15 is 0 Å². The minimum atomic E-state index is -3.65. The molecule has 94 valence electrons. The average molecular weight is 248 g/mol. The first kappa shape index (κ1) is 15.4. The number of rotatable bonds is 7. The molecule has 2 unspecified atom stereocenters. The molecule has 2 N–H and O–H groups in total. The highest BCUT2D eigenvalue weighted by atomic mass is 32.2. The highest BCUT2D eigenvalue weighted by Gasteiger charge is 2.27. The van der Waals surface area contributed by atoms with Gasteiger partial charge in [0.05, 0.1) is 11.7 Å². The summed E-state index contributed by atoms with van der Waals surface area (Å²) in [5.74, 6) is 0. The molecule has 0 rings (SSSR count). The molecule has 0 aliphatic heterocycles. The van der Waals surface area contributed by atoms with Gasteiger partial charge in [0.2, 0.25) is 10.0 Å². The van der Waals surface area contributed by atoms with Crippen molar-refractivity contribution in [2.75, 3.05) is 6.54 Å². The van der Waals surface area contributed by atoms with Crippen molar-refractivity contribution in [2.24, 2.45) is 0 Å². The van der Waals surface area contributed by atoms with E-state index in [0.29, 0.717) is 6.42 Å². The Morgan fingerprint density at radius 2 is 2.06 bits per heavy atom. The fourth-order valence-corrected chi connectivity index (χ4v) is 2.65. The van der Waals surface area contributed by atoms with Crippen LogP contribution in [-0.4, -0.2) is 30.9 Å². The Labute approximate surface area is 97.5 Å². The Morgan fingerprint density at radius 3 is 2.44 bits per heavy atom. The van der Waals surface area contributed by atoms with Gasteiger partial charge < -0.3 is 5.11 Å². The molecule has 0 saturated carbocycles. The average Bonchev–Trinajstić information content (AvgIpc) is 2.17. The van der Waals surface area contributed by atoms with Gasteiger partial charge in [0.25, 0.3) is 0 Å². The van der Waals surface area contributed by atoms with Crippen molar-refractivity contribution >= 4 is 10.0 Å². The van der Waals surface area contributed by atoms with E-state index in [9.17, 15) is 13.5 Å². The van der Waals surface area contributed by atoms with Gasteiger partial charge in [-0.15, -0.1) is 0 Å². The number of nitrogens with one attached hydrogen (secondary N) is 1. The minimum absolute atomic E-state index is 0.0542. The van der Waals surface area contributed by atoms with E-state index in [0.717, 1.165) is 6.42 Å². The van der Waals surface area contributed by atoms with Crippen molar-refractivity contribution in [2.45, 2.75) is 50.9 Å². The Balaban J connectivity index is 4.47. The summed E-state index contributed by atoms with van der Waals surface area (Å²) in [6.45, 7) is 5.07. The summed E-state index contributed by atoms with van der Waals surface area (Å²) in [7, 11) is -3.65. The first-order valence-electron chi connectivity index (χ1n) is 5.39. The Morgan fingerprint density at radius 1 is 1.50 bits per heavy atom. The predicted molar refractivity (Wildman–Crippen MR) is 62.1 cm³/mol. The van der Waals surface area contributed by atoms with Gasteiger partial charge in [0.15, 0.2) is 5.25 Å². The van der Waals surface area contributed by atoms with Crippen molar-refractivity contribution in [3.05, 3.63) is 0 Å². The molecule has 6 heteroatoms. The van der Waals surface area contributed by atoms with Crippen LogP contribution in [0.3, 0.4) is 0 Å². The van der Waals surface area contributed by atoms with Crippen LogP contribution in [0.15, 0.2) is 0 Å². The van der Waals surface area contributed by atoms with Crippen LogP contribution < -0.4 is 4.72 Å². The van der Waals surface area contributed by atoms with Gasteiger partial charge >= 0.3 is 0 Å². The molecule has 0 aliphatic carbocycles. The minimum Gasteiger partial charge on any atom is -0.389 e. The lowest BCUT2D eigenvalue weighted by molar-refractivity contribution is 0.0554. The van der Waals surface area contributed by atoms with Crippen molar-refractivity contribution < 1.29 is 13.5 Å². The lowest BCUT2D eigenvalue weighted by Crippen LogP contribution is -2.43. The number of sulfonamides is 1. The highest BCUT2D eigenvalue weighted by molar-refractivity contribution is 7.90. The zero-order valence-electron chi connectivity index (χ0n) is 10.0. The summed E-state index contributed by atoms with van der Waals surface area (Å²) in [6.07, 6.45) is 1.52. The number of aliphatic hydroxyl groups is 1. The van der Waals surface area contributed by atoms with Crippen molar-refractivity contribution in [1.29, 1.82) is 5.26 Å². The zero-order valence-corrected chi connectivity index (χ0v) is 10.8. The molecule has 2 atom stereocenters. The lowest BCUT2D eigenvalue weighted by Gasteiger charge is -2.23. The number of nitriles is 1. The summed E-state index contributed by atoms with van der Waals surface area (Å²) in [5, 5.41) is 17.4. The van der Waals surface area contributed by atoms with E-state index in [4.69, 9.17) is 5.26 Å². The smallest absolute Gasteiger partial charge is 0.228 e. The molecule has 0 bridgehead atoms. The largest absolute Gasteiger partial charge is 0.389 e. The van der Waals surface area contributed by atoms with Gasteiger partial charge in [-0.1, -0.05) is 20.3 Å². The fraction of sp³-hybridized carbons (Fsp3) is 0.900. The van der Waals surface area contributed by atoms with Crippen LogP contribution in [0.4, 0.5) is 0 Å². The first-order chi connectivity index (χ1) is 7.29. The predicted octanol–water partition coefficient (Wildman–Crippen LogP) is 0.759. The van der Waals surface area contributed by atoms with Crippen LogP contribution in [0.2, 0.25) is 0 Å². The van der Waals surface area contributed by atoms with Gasteiger partial charge in [0.1, 0.15) is 0 Å². The Kier molecular flexibility index (Phi) is 5.94. The van der Waals surface area contributed by atoms with Crippen molar-refractivity contribution in [3.8, 4) is 6.07 Å². The Bertz CT molecular complexity index is 344. The van der Waals surface area contributed by atoms with Gasteiger partial charge in [-0.3, -0.25) is 0 Å². The SMILES string of the molecule is CCCC(C)(O)CNS(=O)(=O)C(C#N)CC. The van der Waals surface area contributed by atoms with Crippen LogP contribution in [0.25, 0.3) is 0 Å². The monoisotopic (exact) mass is 248 g/mol. The zero-order chi connectivity index (χ0) is 12.8. The fourth-order valence-electron chi connectivity index (χ4n) is 1.36. The molecule has 0 heterocycles. The normalized spacial score (nSPS) is 17.4. The molecule has 0 amide bonds. The van der Waals surface area contributed by atoms with E-state index < -0.39 is 20.9 Å². The van der Waals surface area contributed by atoms with Gasteiger partial charge in [-0.25, -0.2) is 13.1 Å². The number of hydrogen-bond donors (Lipinski definition) is 2. The molecule has 0 radical (unpaired) electrons. The third-order valence-corrected chi connectivity index (χ3v) is 4.07. The van der Waals surface area contributed by atoms with Crippen molar-refractivity contribution in [3.63, 3.8) is 0 Å².